The molecule has 0 aromatic heterocycles. The lowest BCUT2D eigenvalue weighted by atomic mass is 9.80. The Morgan fingerprint density at radius 1 is 0.533 bits per heavy atom. The molecule has 0 N–H and O–H groups in total. The summed E-state index contributed by atoms with van der Waals surface area (Å²) in [6, 6.07) is 37.9. The first kappa shape index (κ1) is 16.0. The molecular formula is C29H19N. The Kier molecular flexibility index (Phi) is 3.12. The smallest absolute Gasteiger partial charge is 0.0805 e. The van der Waals surface area contributed by atoms with Crippen LogP contribution in [0.1, 0.15) is 17.2 Å². The molecule has 2 aliphatic rings. The normalized spacial score (nSPS) is 16.5. The predicted molar refractivity (Wildman–Crippen MR) is 127 cm³/mol. The Morgan fingerprint density at radius 3 is 1.80 bits per heavy atom. The minimum Gasteiger partial charge on any atom is -0.329 e. The average molecular weight is 381 g/mol. The molecular weight excluding hydrogens is 362 g/mol. The van der Waals surface area contributed by atoms with E-state index in [1.807, 2.05) is 0 Å². The lowest BCUT2D eigenvalue weighted by Crippen LogP contribution is -2.37. The zero-order valence-electron chi connectivity index (χ0n) is 16.4. The Labute approximate surface area is 175 Å². The van der Waals surface area contributed by atoms with E-state index in [1.54, 1.807) is 0 Å². The van der Waals surface area contributed by atoms with Gasteiger partial charge in [0, 0.05) is 11.3 Å². The molecule has 0 saturated heterocycles. The highest BCUT2D eigenvalue weighted by molar-refractivity contribution is 6.05. The molecule has 0 amide bonds. The number of hydrogen-bond donors (Lipinski definition) is 0. The van der Waals surface area contributed by atoms with Gasteiger partial charge in [0.1, 0.15) is 0 Å². The first-order valence-corrected chi connectivity index (χ1v) is 10.5. The summed E-state index contributed by atoms with van der Waals surface area (Å²) in [4.78, 5) is 2.52. The molecule has 5 aromatic carbocycles. The second kappa shape index (κ2) is 5.84. The van der Waals surface area contributed by atoms with Crippen molar-refractivity contribution < 1.29 is 0 Å². The average Bonchev–Trinajstić information content (AvgIpc) is 2.78. The van der Waals surface area contributed by atoms with Gasteiger partial charge in [0.05, 0.1) is 11.7 Å². The number of anilines is 1. The van der Waals surface area contributed by atoms with Crippen LogP contribution < -0.4 is 4.90 Å². The van der Waals surface area contributed by atoms with E-state index in [4.69, 9.17) is 0 Å². The van der Waals surface area contributed by atoms with Gasteiger partial charge in [-0.05, 0) is 68.6 Å². The minimum atomic E-state index is 0.286. The number of fused-ring (bicyclic) bond motifs is 8. The Bertz CT molecular complexity index is 1490. The molecule has 0 spiro atoms. The van der Waals surface area contributed by atoms with E-state index >= 15 is 0 Å². The third kappa shape index (κ3) is 2.12. The van der Waals surface area contributed by atoms with Crippen LogP contribution in [-0.2, 0) is 0 Å². The molecule has 30 heavy (non-hydrogen) atoms. The lowest BCUT2D eigenvalue weighted by Gasteiger charge is -2.47. The first-order chi connectivity index (χ1) is 14.9. The first-order valence-electron chi connectivity index (χ1n) is 10.5. The van der Waals surface area contributed by atoms with Gasteiger partial charge in [-0.25, -0.2) is 0 Å². The number of benzene rings is 5. The van der Waals surface area contributed by atoms with Crippen LogP contribution in [0.5, 0.6) is 0 Å². The van der Waals surface area contributed by atoms with E-state index in [2.05, 4.69) is 114 Å². The second-order valence-electron chi connectivity index (χ2n) is 8.24. The third-order valence-electron chi connectivity index (χ3n) is 6.57. The maximum atomic E-state index is 2.52. The van der Waals surface area contributed by atoms with E-state index < -0.39 is 0 Å². The molecule has 0 radical (unpaired) electrons. The predicted octanol–water partition coefficient (Wildman–Crippen LogP) is 7.58. The van der Waals surface area contributed by atoms with Crippen LogP contribution in [0.3, 0.4) is 0 Å². The van der Waals surface area contributed by atoms with Gasteiger partial charge in [-0.1, -0.05) is 78.9 Å². The highest BCUT2D eigenvalue weighted by Gasteiger charge is 2.39. The Hall–Kier alpha value is -3.84. The summed E-state index contributed by atoms with van der Waals surface area (Å²) in [6.07, 6.45) is 2.42. The topological polar surface area (TPSA) is 3.24 Å². The molecule has 0 saturated carbocycles. The van der Waals surface area contributed by atoms with Gasteiger partial charge >= 0.3 is 0 Å². The molecule has 2 heterocycles. The maximum Gasteiger partial charge on any atom is 0.0805 e. The van der Waals surface area contributed by atoms with Crippen LogP contribution in [0.25, 0.3) is 38.4 Å². The molecule has 0 aliphatic carbocycles. The van der Waals surface area contributed by atoms with Crippen molar-refractivity contribution in [2.75, 3.05) is 4.90 Å². The zero-order chi connectivity index (χ0) is 19.7. The molecule has 2 aliphatic heterocycles. The summed E-state index contributed by atoms with van der Waals surface area (Å²) < 4.78 is 0. The van der Waals surface area contributed by atoms with E-state index in [9.17, 15) is 0 Å². The van der Waals surface area contributed by atoms with Gasteiger partial charge in [-0.3, -0.25) is 0 Å². The maximum absolute atomic E-state index is 2.52. The van der Waals surface area contributed by atoms with Crippen molar-refractivity contribution in [2.45, 2.75) is 6.04 Å². The van der Waals surface area contributed by atoms with Crippen molar-refractivity contribution in [3.63, 3.8) is 0 Å². The summed E-state index contributed by atoms with van der Waals surface area (Å²) >= 11 is 0. The molecule has 1 atom stereocenters. The molecule has 7 rings (SSSR count). The molecule has 0 fully saturated rings. The fraction of sp³-hybridized carbons (Fsp3) is 0.0345. The highest BCUT2D eigenvalue weighted by Crippen LogP contribution is 2.55. The van der Waals surface area contributed by atoms with Crippen molar-refractivity contribution in [3.8, 4) is 11.1 Å². The standard InChI is InChI=1S/C29H19N/c1-2-8-19(9-3-1)27-18-29-26-15-21-11-5-4-10-20(21)14-24(26)25-16-22-12-6-7-13-23(22)17-28(25)30(27)29/h1-18,29H. The fourth-order valence-corrected chi connectivity index (χ4v) is 5.10. The monoisotopic (exact) mass is 381 g/mol. The van der Waals surface area contributed by atoms with Gasteiger partial charge < -0.3 is 4.90 Å². The van der Waals surface area contributed by atoms with Crippen molar-refractivity contribution in [1.82, 2.24) is 0 Å². The summed E-state index contributed by atoms with van der Waals surface area (Å²) in [7, 11) is 0. The summed E-state index contributed by atoms with van der Waals surface area (Å²) in [6.45, 7) is 0. The van der Waals surface area contributed by atoms with Crippen LogP contribution >= 0.6 is 0 Å². The van der Waals surface area contributed by atoms with Crippen LogP contribution in [0.2, 0.25) is 0 Å². The van der Waals surface area contributed by atoms with E-state index in [-0.39, 0.29) is 6.04 Å². The SMILES string of the molecule is C1=C(c2ccccc2)N2c3cc4ccccc4cc3-c3cc4ccccc4cc3C12. The van der Waals surface area contributed by atoms with E-state index in [0.717, 1.165) is 0 Å². The van der Waals surface area contributed by atoms with Crippen molar-refractivity contribution in [3.05, 3.63) is 120 Å². The molecule has 0 bridgehead atoms. The molecule has 1 heteroatoms. The molecule has 1 nitrogen and oxygen atoms in total. The number of rotatable bonds is 1. The van der Waals surface area contributed by atoms with Crippen molar-refractivity contribution in [2.24, 2.45) is 0 Å². The van der Waals surface area contributed by atoms with Crippen molar-refractivity contribution >= 4 is 32.9 Å². The largest absolute Gasteiger partial charge is 0.329 e. The summed E-state index contributed by atoms with van der Waals surface area (Å²) in [5.41, 5.74) is 7.97. The summed E-state index contributed by atoms with van der Waals surface area (Å²) in [5.74, 6) is 0. The molecule has 1 unspecified atom stereocenters. The molecule has 140 valence electrons. The Morgan fingerprint density at radius 2 is 1.10 bits per heavy atom. The van der Waals surface area contributed by atoms with Crippen LogP contribution in [0.4, 0.5) is 5.69 Å². The van der Waals surface area contributed by atoms with E-state index in [1.165, 1.54) is 55.2 Å². The number of hydrogen-bond acceptors (Lipinski definition) is 1. The number of nitrogens with zero attached hydrogens (tertiary/aromatic N) is 1. The quantitative estimate of drug-likeness (QED) is 0.289. The minimum absolute atomic E-state index is 0.286. The highest BCUT2D eigenvalue weighted by atomic mass is 15.2. The van der Waals surface area contributed by atoms with Gasteiger partial charge in [0.25, 0.3) is 0 Å². The van der Waals surface area contributed by atoms with Crippen LogP contribution in [0, 0.1) is 0 Å². The molecule has 5 aromatic rings. The van der Waals surface area contributed by atoms with Crippen LogP contribution in [-0.4, -0.2) is 0 Å². The van der Waals surface area contributed by atoms with Gasteiger partial charge in [0.15, 0.2) is 0 Å². The van der Waals surface area contributed by atoms with Gasteiger partial charge in [-0.15, -0.1) is 0 Å². The van der Waals surface area contributed by atoms with Crippen molar-refractivity contribution in [1.29, 1.82) is 0 Å². The summed E-state index contributed by atoms with van der Waals surface area (Å²) in [5, 5.41) is 5.19. The van der Waals surface area contributed by atoms with E-state index in [0.29, 0.717) is 0 Å². The second-order valence-corrected chi connectivity index (χ2v) is 8.24. The fourth-order valence-electron chi connectivity index (χ4n) is 5.10. The van der Waals surface area contributed by atoms with Gasteiger partial charge in [-0.2, -0.15) is 0 Å². The Balaban J connectivity index is 1.55. The van der Waals surface area contributed by atoms with Crippen LogP contribution in [0.15, 0.2) is 109 Å². The van der Waals surface area contributed by atoms with Gasteiger partial charge in [0.2, 0.25) is 0 Å². The lowest BCUT2D eigenvalue weighted by molar-refractivity contribution is 0.792. The third-order valence-corrected chi connectivity index (χ3v) is 6.57. The zero-order valence-corrected chi connectivity index (χ0v) is 16.4.